The van der Waals surface area contributed by atoms with Crippen molar-refractivity contribution in [1.29, 1.82) is 0 Å². The summed E-state index contributed by atoms with van der Waals surface area (Å²) < 4.78 is 0. The predicted molar refractivity (Wildman–Crippen MR) is 126 cm³/mol. The third-order valence-electron chi connectivity index (χ3n) is 6.23. The zero-order valence-corrected chi connectivity index (χ0v) is 19.1. The van der Waals surface area contributed by atoms with Gasteiger partial charge in [-0.15, -0.1) is 0 Å². The molecule has 7 nitrogen and oxygen atoms in total. The fourth-order valence-corrected chi connectivity index (χ4v) is 4.63. The van der Waals surface area contributed by atoms with Gasteiger partial charge in [-0.1, -0.05) is 30.7 Å². The monoisotopic (exact) mass is 455 g/mol. The van der Waals surface area contributed by atoms with Gasteiger partial charge < -0.3 is 10.5 Å². The average molecular weight is 456 g/mol. The highest BCUT2D eigenvalue weighted by Gasteiger charge is 2.31. The van der Waals surface area contributed by atoms with Gasteiger partial charge in [0.05, 0.1) is 18.9 Å². The maximum atomic E-state index is 13.2. The Balaban J connectivity index is 1.50. The molecule has 2 aliphatic heterocycles. The Morgan fingerprint density at radius 2 is 2.12 bits per heavy atom. The molecule has 2 aromatic rings. The van der Waals surface area contributed by atoms with Crippen LogP contribution in [0.3, 0.4) is 0 Å². The van der Waals surface area contributed by atoms with E-state index in [4.69, 9.17) is 11.6 Å². The van der Waals surface area contributed by atoms with Crippen molar-refractivity contribution in [1.82, 2.24) is 20.2 Å². The fraction of sp³-hybridized carbons (Fsp3) is 0.417. The molecule has 1 unspecified atom stereocenters. The van der Waals surface area contributed by atoms with Crippen molar-refractivity contribution in [3.05, 3.63) is 70.3 Å². The van der Waals surface area contributed by atoms with Gasteiger partial charge in [-0.3, -0.25) is 14.7 Å². The number of aromatic nitrogens is 1. The molecule has 1 aromatic heterocycles. The van der Waals surface area contributed by atoms with E-state index in [0.29, 0.717) is 30.2 Å². The molecule has 3 heterocycles. The number of likely N-dealkylation sites (tertiary alicyclic amines) is 1. The number of nitrogens with one attached hydrogen (secondary N) is 2. The summed E-state index contributed by atoms with van der Waals surface area (Å²) in [7, 11) is 0. The van der Waals surface area contributed by atoms with Crippen molar-refractivity contribution < 1.29 is 9.97 Å². The number of hydrogen-bond donors (Lipinski definition) is 2. The van der Waals surface area contributed by atoms with Gasteiger partial charge in [0.2, 0.25) is 5.91 Å². The molecule has 4 rings (SSSR count). The molecule has 0 aliphatic carbocycles. The first kappa shape index (κ1) is 22.7. The van der Waals surface area contributed by atoms with Crippen LogP contribution in [0.2, 0.25) is 5.02 Å². The highest BCUT2D eigenvalue weighted by Crippen LogP contribution is 2.28. The van der Waals surface area contributed by atoms with Gasteiger partial charge in [0, 0.05) is 42.3 Å². The van der Waals surface area contributed by atoms with Gasteiger partial charge in [0.1, 0.15) is 0 Å². The van der Waals surface area contributed by atoms with Crippen LogP contribution in [-0.4, -0.2) is 53.0 Å². The molecule has 1 aromatic carbocycles. The number of pyridine rings is 1. The van der Waals surface area contributed by atoms with Gasteiger partial charge in [0.25, 0.3) is 0 Å². The predicted octanol–water partition coefficient (Wildman–Crippen LogP) is 2.55. The molecule has 0 radical (unpaired) electrons. The molecular weight excluding hydrogens is 426 g/mol. The molecule has 2 aliphatic rings. The Hall–Kier alpha value is -2.45. The number of quaternary nitrogens is 1. The van der Waals surface area contributed by atoms with Crippen LogP contribution in [0, 0.1) is 5.21 Å². The Bertz CT molecular complexity index is 965. The Morgan fingerprint density at radius 3 is 2.91 bits per heavy atom. The summed E-state index contributed by atoms with van der Waals surface area (Å²) in [5.41, 5.74) is 3.84. The standard InChI is InChI=1S/C24H30ClN5O2/c1-2-24(31)27-11-13-28-12-3-4-21(28)17-29-16-19(14-18-5-7-20(25)8-6-18)22-9-10-26-15-23(22)30(29)32/h5-10,15-16,21,30H,2-4,11-14,17H2,1H3,(H,27,31)/t21-/m1/s1. The lowest BCUT2D eigenvalue weighted by Gasteiger charge is -2.40. The average Bonchev–Trinajstić information content (AvgIpc) is 3.25. The van der Waals surface area contributed by atoms with Crippen molar-refractivity contribution in [2.24, 2.45) is 0 Å². The van der Waals surface area contributed by atoms with Crippen LogP contribution < -0.4 is 10.5 Å². The van der Waals surface area contributed by atoms with E-state index in [0.717, 1.165) is 49.1 Å². The molecule has 170 valence electrons. The number of benzene rings is 1. The van der Waals surface area contributed by atoms with Crippen LogP contribution in [0.4, 0.5) is 5.69 Å². The molecule has 2 N–H and O–H groups in total. The number of carbonyl (C=O) groups excluding carboxylic acids is 1. The molecule has 1 saturated heterocycles. The number of hydrogen-bond acceptors (Lipinski definition) is 5. The summed E-state index contributed by atoms with van der Waals surface area (Å²) in [4.78, 5) is 18.1. The summed E-state index contributed by atoms with van der Waals surface area (Å²) in [6.45, 7) is 4.93. The van der Waals surface area contributed by atoms with Gasteiger partial charge in [-0.2, -0.15) is 0 Å². The van der Waals surface area contributed by atoms with E-state index in [-0.39, 0.29) is 17.1 Å². The summed E-state index contributed by atoms with van der Waals surface area (Å²) in [6, 6.07) is 10.0. The number of amides is 1. The van der Waals surface area contributed by atoms with Gasteiger partial charge in [-0.25, -0.2) is 10.2 Å². The highest BCUT2D eigenvalue weighted by atomic mass is 35.5. The second-order valence-electron chi connectivity index (χ2n) is 8.37. The summed E-state index contributed by atoms with van der Waals surface area (Å²) in [5, 5.41) is 18.8. The molecule has 1 amide bonds. The lowest BCUT2D eigenvalue weighted by atomic mass is 9.97. The lowest BCUT2D eigenvalue weighted by Crippen LogP contribution is -3.09. The summed E-state index contributed by atoms with van der Waals surface area (Å²) in [5.74, 6) is 0.0748. The van der Waals surface area contributed by atoms with E-state index < -0.39 is 0 Å². The van der Waals surface area contributed by atoms with Gasteiger partial charge in [0.15, 0.2) is 5.69 Å². The topological polar surface area (TPSA) is 76.0 Å². The van der Waals surface area contributed by atoms with Crippen LogP contribution in [-0.2, 0) is 11.2 Å². The number of allylic oxidation sites excluding steroid dienone is 1. The van der Waals surface area contributed by atoms with Gasteiger partial charge in [-0.05, 0) is 55.1 Å². The zero-order chi connectivity index (χ0) is 22.5. The van der Waals surface area contributed by atoms with Crippen LogP contribution in [0.1, 0.15) is 37.3 Å². The maximum Gasteiger partial charge on any atom is 0.219 e. The van der Waals surface area contributed by atoms with Gasteiger partial charge >= 0.3 is 0 Å². The minimum absolute atomic E-state index is 0.000841. The molecule has 32 heavy (non-hydrogen) atoms. The maximum absolute atomic E-state index is 13.2. The number of nitrogens with zero attached hydrogens (tertiary/aromatic N) is 3. The molecule has 0 spiro atoms. The molecule has 8 heteroatoms. The summed E-state index contributed by atoms with van der Waals surface area (Å²) in [6.07, 6.45) is 8.79. The van der Waals surface area contributed by atoms with E-state index in [1.165, 1.54) is 0 Å². The molecule has 1 fully saturated rings. The second kappa shape index (κ2) is 10.4. The first-order chi connectivity index (χ1) is 15.5. The first-order valence-corrected chi connectivity index (χ1v) is 11.6. The van der Waals surface area contributed by atoms with E-state index in [1.807, 2.05) is 48.5 Å². The Morgan fingerprint density at radius 1 is 1.31 bits per heavy atom. The third kappa shape index (κ3) is 5.30. The highest BCUT2D eigenvalue weighted by molar-refractivity contribution is 6.30. The van der Waals surface area contributed by atoms with E-state index in [2.05, 4.69) is 15.2 Å². The Kier molecular flexibility index (Phi) is 7.42. The quantitative estimate of drug-likeness (QED) is 0.598. The number of carbonyl (C=O) groups is 1. The minimum Gasteiger partial charge on any atom is -0.603 e. The van der Waals surface area contributed by atoms with Crippen LogP contribution in [0.5, 0.6) is 0 Å². The van der Waals surface area contributed by atoms with E-state index in [9.17, 15) is 10.0 Å². The fourth-order valence-electron chi connectivity index (χ4n) is 4.50. The number of fused-ring (bicyclic) bond motifs is 1. The van der Waals surface area contributed by atoms with Crippen molar-refractivity contribution in [2.45, 2.75) is 38.6 Å². The summed E-state index contributed by atoms with van der Waals surface area (Å²) >= 11 is 6.04. The third-order valence-corrected chi connectivity index (χ3v) is 6.48. The van der Waals surface area contributed by atoms with Crippen molar-refractivity contribution in [2.75, 3.05) is 26.2 Å². The SMILES string of the molecule is CCC(=O)NCCN1CCC[C@@H]1CN1C=C(Cc2ccc(Cl)cc2)c2ccncc2[NH+]1[O-]. The largest absolute Gasteiger partial charge is 0.603 e. The van der Waals surface area contributed by atoms with Crippen molar-refractivity contribution in [3.8, 4) is 0 Å². The number of halogens is 1. The Labute approximate surface area is 194 Å². The van der Waals surface area contributed by atoms with Crippen molar-refractivity contribution >= 4 is 28.8 Å². The van der Waals surface area contributed by atoms with E-state index >= 15 is 0 Å². The minimum atomic E-state index is -0.000841. The zero-order valence-electron chi connectivity index (χ0n) is 18.4. The van der Waals surface area contributed by atoms with Crippen LogP contribution in [0.15, 0.2) is 48.9 Å². The number of rotatable bonds is 8. The van der Waals surface area contributed by atoms with Crippen LogP contribution >= 0.6 is 11.6 Å². The van der Waals surface area contributed by atoms with E-state index in [1.54, 1.807) is 12.4 Å². The molecule has 0 bridgehead atoms. The second-order valence-corrected chi connectivity index (χ2v) is 8.81. The normalized spacial score (nSPS) is 20.7. The first-order valence-electron chi connectivity index (χ1n) is 11.3. The van der Waals surface area contributed by atoms with Crippen LogP contribution in [0.25, 0.3) is 5.57 Å². The molecule has 2 atom stereocenters. The molecular formula is C24H30ClN5O2. The lowest BCUT2D eigenvalue weighted by molar-refractivity contribution is -0.903. The van der Waals surface area contributed by atoms with Crippen molar-refractivity contribution in [3.63, 3.8) is 0 Å². The molecule has 0 saturated carbocycles. The smallest absolute Gasteiger partial charge is 0.219 e.